The molecule has 0 spiro atoms. The Bertz CT molecular complexity index is 633. The fourth-order valence-corrected chi connectivity index (χ4v) is 2.63. The minimum Gasteiger partial charge on any atom is -0.497 e. The monoisotopic (exact) mass is 270 g/mol. The fourth-order valence-electron chi connectivity index (χ4n) is 2.63. The summed E-state index contributed by atoms with van der Waals surface area (Å²) in [6.45, 7) is 1.71. The predicted molar refractivity (Wildman–Crippen MR) is 78.0 cm³/mol. The molecule has 1 aromatic carbocycles. The van der Waals surface area contributed by atoms with Crippen molar-refractivity contribution in [1.82, 2.24) is 9.88 Å². The van der Waals surface area contributed by atoms with Gasteiger partial charge in [0, 0.05) is 24.7 Å². The second-order valence-corrected chi connectivity index (χ2v) is 5.14. The Balaban J connectivity index is 1.92. The number of hydrogen-bond donors (Lipinski definition) is 0. The zero-order valence-corrected chi connectivity index (χ0v) is 11.6. The molecule has 4 nitrogen and oxygen atoms in total. The second-order valence-electron chi connectivity index (χ2n) is 5.14. The Kier molecular flexibility index (Phi) is 3.54. The zero-order valence-electron chi connectivity index (χ0n) is 11.6. The number of carbonyl (C=O) groups excluding carboxylic acids is 1. The van der Waals surface area contributed by atoms with Gasteiger partial charge in [0.15, 0.2) is 0 Å². The van der Waals surface area contributed by atoms with Crippen LogP contribution in [0.15, 0.2) is 30.5 Å². The van der Waals surface area contributed by atoms with Gasteiger partial charge in [0.2, 0.25) is 0 Å². The van der Waals surface area contributed by atoms with Crippen LogP contribution >= 0.6 is 0 Å². The van der Waals surface area contributed by atoms with Crippen LogP contribution in [0.4, 0.5) is 0 Å². The number of carbonyl (C=O) groups is 1. The van der Waals surface area contributed by atoms with E-state index in [2.05, 4.69) is 4.98 Å². The van der Waals surface area contributed by atoms with Gasteiger partial charge in [-0.15, -0.1) is 0 Å². The first-order valence-electron chi connectivity index (χ1n) is 7.01. The van der Waals surface area contributed by atoms with E-state index in [1.54, 1.807) is 13.3 Å². The number of likely N-dealkylation sites (tertiary alicyclic amines) is 1. The molecule has 0 saturated carbocycles. The van der Waals surface area contributed by atoms with Crippen molar-refractivity contribution in [2.75, 3.05) is 20.2 Å². The number of rotatable bonds is 2. The lowest BCUT2D eigenvalue weighted by Crippen LogP contribution is -2.35. The molecule has 3 rings (SSSR count). The average molecular weight is 270 g/mol. The Labute approximate surface area is 118 Å². The number of methoxy groups -OCH3 is 1. The third kappa shape index (κ3) is 2.46. The van der Waals surface area contributed by atoms with Gasteiger partial charge in [0.1, 0.15) is 5.75 Å². The smallest absolute Gasteiger partial charge is 0.255 e. The maximum atomic E-state index is 12.5. The first-order valence-corrected chi connectivity index (χ1v) is 7.01. The van der Waals surface area contributed by atoms with E-state index in [1.807, 2.05) is 29.2 Å². The number of benzene rings is 1. The van der Waals surface area contributed by atoms with Crippen molar-refractivity contribution < 1.29 is 9.53 Å². The highest BCUT2D eigenvalue weighted by molar-refractivity contribution is 5.97. The van der Waals surface area contributed by atoms with Crippen LogP contribution in [0.3, 0.4) is 0 Å². The molecule has 1 amide bonds. The first kappa shape index (κ1) is 12.9. The van der Waals surface area contributed by atoms with E-state index in [9.17, 15) is 4.79 Å². The normalized spacial score (nSPS) is 15.3. The molecule has 1 fully saturated rings. The van der Waals surface area contributed by atoms with Crippen molar-refractivity contribution in [2.45, 2.75) is 19.3 Å². The first-order chi connectivity index (χ1) is 9.78. The van der Waals surface area contributed by atoms with Crippen molar-refractivity contribution in [2.24, 2.45) is 0 Å². The largest absolute Gasteiger partial charge is 0.497 e. The summed E-state index contributed by atoms with van der Waals surface area (Å²) in [7, 11) is 1.64. The molecule has 0 N–H and O–H groups in total. The molecule has 0 unspecified atom stereocenters. The Morgan fingerprint density at radius 3 is 2.75 bits per heavy atom. The molecule has 104 valence electrons. The molecule has 2 aromatic rings. The van der Waals surface area contributed by atoms with E-state index >= 15 is 0 Å². The van der Waals surface area contributed by atoms with Crippen molar-refractivity contribution in [3.63, 3.8) is 0 Å². The molecule has 1 aliphatic rings. The number of nitrogens with zero attached hydrogens (tertiary/aromatic N) is 2. The van der Waals surface area contributed by atoms with Gasteiger partial charge in [-0.25, -0.2) is 0 Å². The summed E-state index contributed by atoms with van der Waals surface area (Å²) in [6, 6.07) is 7.60. The highest BCUT2D eigenvalue weighted by Gasteiger charge is 2.18. The van der Waals surface area contributed by atoms with Gasteiger partial charge in [-0.2, -0.15) is 0 Å². The number of aromatic nitrogens is 1. The molecule has 0 bridgehead atoms. The number of piperidine rings is 1. The summed E-state index contributed by atoms with van der Waals surface area (Å²) < 4.78 is 5.22. The number of fused-ring (bicyclic) bond motifs is 1. The topological polar surface area (TPSA) is 42.4 Å². The third-order valence-corrected chi connectivity index (χ3v) is 3.78. The lowest BCUT2D eigenvalue weighted by Gasteiger charge is -2.26. The minimum atomic E-state index is 0.0851. The lowest BCUT2D eigenvalue weighted by atomic mass is 10.1. The summed E-state index contributed by atoms with van der Waals surface area (Å²) in [5.41, 5.74) is 1.54. The zero-order chi connectivity index (χ0) is 13.9. The molecule has 2 heterocycles. The van der Waals surface area contributed by atoms with Crippen LogP contribution in [-0.4, -0.2) is 36.0 Å². The van der Waals surface area contributed by atoms with Crippen molar-refractivity contribution >= 4 is 16.8 Å². The van der Waals surface area contributed by atoms with Gasteiger partial charge in [0.05, 0.1) is 18.2 Å². The van der Waals surface area contributed by atoms with E-state index in [0.29, 0.717) is 5.56 Å². The maximum Gasteiger partial charge on any atom is 0.255 e. The molecular formula is C16H18N2O2. The Hall–Kier alpha value is -2.10. The Morgan fingerprint density at radius 2 is 2.00 bits per heavy atom. The third-order valence-electron chi connectivity index (χ3n) is 3.78. The van der Waals surface area contributed by atoms with Crippen molar-refractivity contribution in [1.29, 1.82) is 0 Å². The molecule has 20 heavy (non-hydrogen) atoms. The molecule has 1 saturated heterocycles. The molecular weight excluding hydrogens is 252 g/mol. The van der Waals surface area contributed by atoms with Crippen LogP contribution in [0.5, 0.6) is 5.75 Å². The average Bonchev–Trinajstić information content (AvgIpc) is 2.54. The van der Waals surface area contributed by atoms with Gasteiger partial charge in [-0.1, -0.05) is 0 Å². The number of amides is 1. The van der Waals surface area contributed by atoms with Gasteiger partial charge in [-0.3, -0.25) is 9.78 Å². The van der Waals surface area contributed by atoms with Gasteiger partial charge in [0.25, 0.3) is 5.91 Å². The molecule has 1 aromatic heterocycles. The van der Waals surface area contributed by atoms with Crippen LogP contribution in [0, 0.1) is 0 Å². The quantitative estimate of drug-likeness (QED) is 0.842. The van der Waals surface area contributed by atoms with Crippen LogP contribution < -0.4 is 4.74 Å². The van der Waals surface area contributed by atoms with Crippen molar-refractivity contribution in [3.05, 3.63) is 36.0 Å². The molecule has 0 radical (unpaired) electrons. The van der Waals surface area contributed by atoms with Gasteiger partial charge >= 0.3 is 0 Å². The minimum absolute atomic E-state index is 0.0851. The van der Waals surface area contributed by atoms with Crippen LogP contribution in [0.1, 0.15) is 29.6 Å². The van der Waals surface area contributed by atoms with Gasteiger partial charge in [-0.05, 0) is 43.5 Å². The SMILES string of the molecule is COc1ccc2ncc(C(=O)N3CCCCC3)cc2c1. The summed E-state index contributed by atoms with van der Waals surface area (Å²) in [4.78, 5) is 18.7. The summed E-state index contributed by atoms with van der Waals surface area (Å²) >= 11 is 0. The highest BCUT2D eigenvalue weighted by atomic mass is 16.5. The highest BCUT2D eigenvalue weighted by Crippen LogP contribution is 2.21. The summed E-state index contributed by atoms with van der Waals surface area (Å²) in [5.74, 6) is 0.865. The van der Waals surface area contributed by atoms with E-state index in [1.165, 1.54) is 6.42 Å². The van der Waals surface area contributed by atoms with E-state index in [-0.39, 0.29) is 5.91 Å². The van der Waals surface area contributed by atoms with Crippen molar-refractivity contribution in [3.8, 4) is 5.75 Å². The van der Waals surface area contributed by atoms with Crippen LogP contribution in [0.2, 0.25) is 0 Å². The van der Waals surface area contributed by atoms with E-state index < -0.39 is 0 Å². The lowest BCUT2D eigenvalue weighted by molar-refractivity contribution is 0.0724. The fraction of sp³-hybridized carbons (Fsp3) is 0.375. The maximum absolute atomic E-state index is 12.5. The van der Waals surface area contributed by atoms with Crippen LogP contribution in [-0.2, 0) is 0 Å². The van der Waals surface area contributed by atoms with Crippen LogP contribution in [0.25, 0.3) is 10.9 Å². The van der Waals surface area contributed by atoms with Gasteiger partial charge < -0.3 is 9.64 Å². The summed E-state index contributed by atoms with van der Waals surface area (Å²) in [6.07, 6.45) is 5.09. The van der Waals surface area contributed by atoms with E-state index in [4.69, 9.17) is 4.74 Å². The molecule has 4 heteroatoms. The van der Waals surface area contributed by atoms with E-state index in [0.717, 1.165) is 42.6 Å². The predicted octanol–water partition coefficient (Wildman–Crippen LogP) is 2.87. The number of hydrogen-bond acceptors (Lipinski definition) is 3. The number of ether oxygens (including phenoxy) is 1. The standard InChI is InChI=1S/C16H18N2O2/c1-20-14-5-6-15-12(10-14)9-13(11-17-15)16(19)18-7-3-2-4-8-18/h5-6,9-11H,2-4,7-8H2,1H3. The molecule has 0 aliphatic carbocycles. The molecule has 0 atom stereocenters. The Morgan fingerprint density at radius 1 is 1.20 bits per heavy atom. The number of pyridine rings is 1. The molecule has 1 aliphatic heterocycles. The summed E-state index contributed by atoms with van der Waals surface area (Å²) in [5, 5.41) is 0.937. The second kappa shape index (κ2) is 5.49.